The average Bonchev–Trinajstić information content (AvgIpc) is 2.72. The largest absolute Gasteiger partial charge is 0.348 e. The molecule has 1 N–H and O–H groups in total. The Morgan fingerprint density at radius 1 is 1.33 bits per heavy atom. The molecule has 0 aromatic heterocycles. The maximum Gasteiger partial charge on any atom is 0.307 e. The average molecular weight is 319 g/mol. The molecule has 0 amide bonds. The molecule has 1 rings (SSSR count). The number of rotatable bonds is 7. The fourth-order valence-corrected chi connectivity index (χ4v) is 3.72. The van der Waals surface area contributed by atoms with E-state index in [2.05, 4.69) is 5.09 Å². The van der Waals surface area contributed by atoms with Gasteiger partial charge in [0.25, 0.3) is 0 Å². The maximum absolute atomic E-state index is 12.7. The Morgan fingerprint density at radius 3 is 2.33 bits per heavy atom. The predicted octanol–water partition coefficient (Wildman–Crippen LogP) is 2.64. The first-order valence-electron chi connectivity index (χ1n) is 7.28. The van der Waals surface area contributed by atoms with Crippen LogP contribution in [-0.4, -0.2) is 56.0 Å². The van der Waals surface area contributed by atoms with Gasteiger partial charge in [0.15, 0.2) is 5.79 Å². The van der Waals surface area contributed by atoms with Crippen molar-refractivity contribution in [3.8, 4) is 0 Å². The van der Waals surface area contributed by atoms with Gasteiger partial charge in [0.05, 0.1) is 12.7 Å². The van der Waals surface area contributed by atoms with Gasteiger partial charge >= 0.3 is 7.59 Å². The van der Waals surface area contributed by atoms with Crippen LogP contribution in [0.1, 0.15) is 33.6 Å². The first-order chi connectivity index (χ1) is 9.57. The molecule has 0 saturated carbocycles. The third-order valence-electron chi connectivity index (χ3n) is 3.49. The quantitative estimate of drug-likeness (QED) is 0.728. The fraction of sp³-hybridized carbons (Fsp3) is 0.857. The Balaban J connectivity index is 2.48. The van der Waals surface area contributed by atoms with Gasteiger partial charge in [0.2, 0.25) is 0 Å². The van der Waals surface area contributed by atoms with Crippen molar-refractivity contribution in [3.63, 3.8) is 0 Å². The lowest BCUT2D eigenvalue weighted by Gasteiger charge is -2.30. The second kappa shape index (κ2) is 7.25. The van der Waals surface area contributed by atoms with Crippen molar-refractivity contribution in [1.82, 2.24) is 14.4 Å². The molecule has 0 aromatic rings. The van der Waals surface area contributed by atoms with Crippen LogP contribution in [0.15, 0.2) is 11.8 Å². The van der Waals surface area contributed by atoms with Gasteiger partial charge < -0.3 is 14.6 Å². The second-order valence-corrected chi connectivity index (χ2v) is 9.29. The Hall–Kier alpha value is -0.390. The molecule has 0 aromatic carbocycles. The molecule has 1 atom stereocenters. The summed E-state index contributed by atoms with van der Waals surface area (Å²) in [7, 11) is 4.53. The van der Waals surface area contributed by atoms with E-state index in [-0.39, 0.29) is 6.10 Å². The van der Waals surface area contributed by atoms with E-state index in [1.165, 1.54) is 0 Å². The Kier molecular flexibility index (Phi) is 6.44. The Morgan fingerprint density at radius 2 is 1.90 bits per heavy atom. The molecule has 124 valence electrons. The van der Waals surface area contributed by atoms with Crippen molar-refractivity contribution in [2.24, 2.45) is 0 Å². The highest BCUT2D eigenvalue weighted by Crippen LogP contribution is 2.44. The minimum atomic E-state index is -2.70. The lowest BCUT2D eigenvalue weighted by atomic mass is 10.1. The van der Waals surface area contributed by atoms with E-state index < -0.39 is 13.4 Å². The zero-order valence-corrected chi connectivity index (χ0v) is 15.2. The summed E-state index contributed by atoms with van der Waals surface area (Å²) in [5.41, 5.74) is 1.15. The molecule has 7 heteroatoms. The summed E-state index contributed by atoms with van der Waals surface area (Å²) >= 11 is 0. The Labute approximate surface area is 129 Å². The summed E-state index contributed by atoms with van der Waals surface area (Å²) in [5, 5.41) is 3.06. The van der Waals surface area contributed by atoms with Crippen molar-refractivity contribution < 1.29 is 14.0 Å². The lowest BCUT2D eigenvalue weighted by Crippen LogP contribution is -2.28. The van der Waals surface area contributed by atoms with Crippen molar-refractivity contribution in [2.75, 3.05) is 34.8 Å². The predicted molar refractivity (Wildman–Crippen MR) is 86.0 cm³/mol. The highest BCUT2D eigenvalue weighted by molar-refractivity contribution is 7.57. The Bertz CT molecular complexity index is 410. The van der Waals surface area contributed by atoms with Gasteiger partial charge in [0, 0.05) is 6.20 Å². The second-order valence-electron chi connectivity index (χ2n) is 6.35. The number of nitrogens with zero attached hydrogens (tertiary/aromatic N) is 2. The molecule has 1 fully saturated rings. The summed E-state index contributed by atoms with van der Waals surface area (Å²) in [5.74, 6) is -0.466. The molecule has 21 heavy (non-hydrogen) atoms. The van der Waals surface area contributed by atoms with E-state index >= 15 is 0 Å². The molecule has 0 radical (unpaired) electrons. The summed E-state index contributed by atoms with van der Waals surface area (Å²) in [4.78, 5) is 0. The van der Waals surface area contributed by atoms with Gasteiger partial charge in [-0.1, -0.05) is 5.57 Å². The molecule has 0 aliphatic carbocycles. The van der Waals surface area contributed by atoms with Crippen LogP contribution in [0, 0.1) is 0 Å². The molecular formula is C14H30N3O3P. The molecule has 0 bridgehead atoms. The molecule has 1 aliphatic rings. The molecule has 1 unspecified atom stereocenters. The van der Waals surface area contributed by atoms with Crippen LogP contribution in [0.4, 0.5) is 0 Å². The first-order valence-corrected chi connectivity index (χ1v) is 8.89. The van der Waals surface area contributed by atoms with Crippen molar-refractivity contribution in [2.45, 2.75) is 45.5 Å². The van der Waals surface area contributed by atoms with Crippen LogP contribution in [0.5, 0.6) is 0 Å². The van der Waals surface area contributed by atoms with E-state index in [9.17, 15) is 4.57 Å². The van der Waals surface area contributed by atoms with Gasteiger partial charge in [-0.2, -0.15) is 0 Å². The fourth-order valence-electron chi connectivity index (χ4n) is 2.15. The number of allylic oxidation sites excluding steroid dienone is 1. The van der Waals surface area contributed by atoms with Crippen LogP contribution in [0.25, 0.3) is 0 Å². The van der Waals surface area contributed by atoms with Crippen LogP contribution in [0.2, 0.25) is 0 Å². The maximum atomic E-state index is 12.7. The molecule has 1 aliphatic heterocycles. The van der Waals surface area contributed by atoms with E-state index in [0.29, 0.717) is 6.61 Å². The van der Waals surface area contributed by atoms with Crippen LogP contribution < -0.4 is 5.09 Å². The van der Waals surface area contributed by atoms with Gasteiger partial charge in [-0.05, 0) is 61.8 Å². The molecule has 0 spiro atoms. The number of nitrogens with one attached hydrogen (secondary N) is 1. The third kappa shape index (κ3) is 5.38. The number of hydrogen-bond donors (Lipinski definition) is 1. The minimum Gasteiger partial charge on any atom is -0.348 e. The van der Waals surface area contributed by atoms with Gasteiger partial charge in [-0.15, -0.1) is 0 Å². The number of hydrogen-bond acceptors (Lipinski definition) is 3. The van der Waals surface area contributed by atoms with Crippen molar-refractivity contribution in [3.05, 3.63) is 11.8 Å². The van der Waals surface area contributed by atoms with Crippen LogP contribution in [-0.2, 0) is 14.0 Å². The van der Waals surface area contributed by atoms with Crippen LogP contribution >= 0.6 is 7.59 Å². The topological polar surface area (TPSA) is 54.0 Å². The monoisotopic (exact) mass is 319 g/mol. The van der Waals surface area contributed by atoms with E-state index in [0.717, 1.165) is 18.4 Å². The number of ether oxygens (including phenoxy) is 2. The highest BCUT2D eigenvalue weighted by Gasteiger charge is 2.32. The van der Waals surface area contributed by atoms with E-state index in [4.69, 9.17) is 9.47 Å². The van der Waals surface area contributed by atoms with E-state index in [1.54, 1.807) is 9.34 Å². The molecule has 6 nitrogen and oxygen atoms in total. The van der Waals surface area contributed by atoms with Crippen molar-refractivity contribution in [1.29, 1.82) is 0 Å². The van der Waals surface area contributed by atoms with Gasteiger partial charge in [-0.25, -0.2) is 9.34 Å². The molecular weight excluding hydrogens is 289 g/mol. The summed E-state index contributed by atoms with van der Waals surface area (Å²) < 4.78 is 27.5. The first kappa shape index (κ1) is 18.7. The molecule has 1 heterocycles. The lowest BCUT2D eigenvalue weighted by molar-refractivity contribution is -0.138. The molecule has 1 saturated heterocycles. The zero-order valence-electron chi connectivity index (χ0n) is 14.3. The zero-order chi connectivity index (χ0) is 16.3. The van der Waals surface area contributed by atoms with E-state index in [1.807, 2.05) is 55.2 Å². The summed E-state index contributed by atoms with van der Waals surface area (Å²) in [6.45, 7) is 6.54. The van der Waals surface area contributed by atoms with Crippen molar-refractivity contribution >= 4 is 7.59 Å². The minimum absolute atomic E-state index is 0.137. The standard InChI is InChI=1S/C14H30N3O3P/c1-12(8-9-13-11-19-14(2,3)20-13)10-15-21(18,16(4)5)17(6)7/h10,13H,8-9,11H2,1-7H3,(H,15,18)/b12-10-. The van der Waals surface area contributed by atoms with Crippen LogP contribution in [0.3, 0.4) is 0 Å². The highest BCUT2D eigenvalue weighted by atomic mass is 31.2. The smallest absolute Gasteiger partial charge is 0.307 e. The summed E-state index contributed by atoms with van der Waals surface area (Å²) in [6, 6.07) is 0. The SMILES string of the molecule is C/C(=C/NP(=O)(N(C)C)N(C)C)CCC1COC(C)(C)O1. The van der Waals surface area contributed by atoms with Gasteiger partial charge in [-0.3, -0.25) is 4.57 Å². The third-order valence-corrected chi connectivity index (χ3v) is 6.13. The summed E-state index contributed by atoms with van der Waals surface area (Å²) in [6.07, 6.45) is 3.78. The normalized spacial score (nSPS) is 23.1. The van der Waals surface area contributed by atoms with Gasteiger partial charge in [0.1, 0.15) is 0 Å².